The Bertz CT molecular complexity index is 483. The quantitative estimate of drug-likeness (QED) is 0.798. The molecule has 0 aliphatic heterocycles. The van der Waals surface area contributed by atoms with Gasteiger partial charge in [0.2, 0.25) is 0 Å². The number of hydrogen-bond acceptors (Lipinski definition) is 2. The van der Waals surface area contributed by atoms with Crippen LogP contribution in [-0.2, 0) is 11.8 Å². The van der Waals surface area contributed by atoms with Gasteiger partial charge in [-0.15, -0.1) is 0 Å². The first-order valence-corrected chi connectivity index (χ1v) is 7.40. The topological polar surface area (TPSA) is 71.3 Å². The van der Waals surface area contributed by atoms with Gasteiger partial charge in [0.15, 0.2) is 0 Å². The summed E-state index contributed by atoms with van der Waals surface area (Å²) in [5.41, 5.74) is 0.551. The van der Waals surface area contributed by atoms with Crippen LogP contribution in [0.1, 0.15) is 37.2 Å². The number of carboxylic acids is 1. The summed E-state index contributed by atoms with van der Waals surface area (Å²) in [5, 5.41) is 11.7. The summed E-state index contributed by atoms with van der Waals surface area (Å²) < 4.78 is 2.57. The van der Waals surface area contributed by atoms with Crippen LogP contribution in [0.2, 0.25) is 0 Å². The molecular formula is C14H21BrN2O3. The van der Waals surface area contributed by atoms with Gasteiger partial charge in [0.1, 0.15) is 5.69 Å². The van der Waals surface area contributed by atoms with Crippen molar-refractivity contribution in [3.8, 4) is 0 Å². The first kappa shape index (κ1) is 16.8. The van der Waals surface area contributed by atoms with Gasteiger partial charge in [0, 0.05) is 30.7 Å². The van der Waals surface area contributed by atoms with E-state index in [4.69, 9.17) is 5.11 Å². The molecule has 1 heterocycles. The van der Waals surface area contributed by atoms with Crippen molar-refractivity contribution in [2.24, 2.45) is 18.9 Å². The third kappa shape index (κ3) is 5.36. The number of carbonyl (C=O) groups excluding carboxylic acids is 1. The molecule has 0 saturated carbocycles. The van der Waals surface area contributed by atoms with Crippen LogP contribution in [0.5, 0.6) is 0 Å². The highest BCUT2D eigenvalue weighted by molar-refractivity contribution is 9.10. The molecule has 0 radical (unpaired) electrons. The fourth-order valence-corrected chi connectivity index (χ4v) is 2.75. The average molecular weight is 345 g/mol. The molecule has 1 rings (SSSR count). The maximum absolute atomic E-state index is 12.1. The molecule has 1 amide bonds. The van der Waals surface area contributed by atoms with Crippen molar-refractivity contribution in [1.29, 1.82) is 0 Å². The van der Waals surface area contributed by atoms with Crippen LogP contribution < -0.4 is 5.32 Å². The number of aliphatic carboxylic acids is 1. The fraction of sp³-hybridized carbons (Fsp3) is 0.571. The van der Waals surface area contributed by atoms with Crippen molar-refractivity contribution < 1.29 is 14.7 Å². The highest BCUT2D eigenvalue weighted by Crippen LogP contribution is 2.16. The van der Waals surface area contributed by atoms with E-state index >= 15 is 0 Å². The highest BCUT2D eigenvalue weighted by Gasteiger charge is 2.17. The molecule has 6 heteroatoms. The highest BCUT2D eigenvalue weighted by atomic mass is 79.9. The van der Waals surface area contributed by atoms with Crippen molar-refractivity contribution in [3.05, 3.63) is 22.4 Å². The van der Waals surface area contributed by atoms with Gasteiger partial charge < -0.3 is 15.0 Å². The molecule has 0 aliphatic carbocycles. The molecule has 0 aromatic carbocycles. The van der Waals surface area contributed by atoms with E-state index in [1.165, 1.54) is 0 Å². The van der Waals surface area contributed by atoms with Crippen molar-refractivity contribution in [3.63, 3.8) is 0 Å². The van der Waals surface area contributed by atoms with Gasteiger partial charge in [0.05, 0.1) is 0 Å². The number of carboxylic acid groups (broad SMARTS) is 1. The molecule has 5 nitrogen and oxygen atoms in total. The molecule has 1 aromatic heterocycles. The van der Waals surface area contributed by atoms with Gasteiger partial charge in [-0.25, -0.2) is 0 Å². The second-order valence-corrected chi connectivity index (χ2v) is 6.37. The van der Waals surface area contributed by atoms with E-state index in [1.807, 2.05) is 13.8 Å². The Balaban J connectivity index is 2.60. The van der Waals surface area contributed by atoms with Crippen LogP contribution in [0, 0.1) is 11.8 Å². The number of rotatable bonds is 7. The maximum Gasteiger partial charge on any atom is 0.303 e. The summed E-state index contributed by atoms with van der Waals surface area (Å²) in [5.74, 6) is -0.649. The Labute approximate surface area is 127 Å². The third-order valence-electron chi connectivity index (χ3n) is 3.02. The smallest absolute Gasteiger partial charge is 0.303 e. The largest absolute Gasteiger partial charge is 0.481 e. The van der Waals surface area contributed by atoms with Crippen molar-refractivity contribution in [2.45, 2.75) is 26.7 Å². The van der Waals surface area contributed by atoms with Crippen molar-refractivity contribution in [1.82, 2.24) is 9.88 Å². The van der Waals surface area contributed by atoms with Gasteiger partial charge in [-0.05, 0) is 40.3 Å². The summed E-state index contributed by atoms with van der Waals surface area (Å²) >= 11 is 3.32. The number of carbonyl (C=O) groups is 2. The van der Waals surface area contributed by atoms with Gasteiger partial charge in [-0.1, -0.05) is 13.8 Å². The second-order valence-electron chi connectivity index (χ2n) is 5.46. The van der Waals surface area contributed by atoms with E-state index in [0.29, 0.717) is 18.2 Å². The monoisotopic (exact) mass is 344 g/mol. The third-order valence-corrected chi connectivity index (χ3v) is 3.46. The molecule has 1 unspecified atom stereocenters. The Morgan fingerprint density at radius 3 is 2.55 bits per heavy atom. The van der Waals surface area contributed by atoms with Crippen LogP contribution >= 0.6 is 15.9 Å². The Morgan fingerprint density at radius 1 is 1.45 bits per heavy atom. The molecule has 1 atom stereocenters. The number of aromatic nitrogens is 1. The van der Waals surface area contributed by atoms with Gasteiger partial charge in [0.25, 0.3) is 5.91 Å². The molecule has 112 valence electrons. The summed E-state index contributed by atoms with van der Waals surface area (Å²) in [4.78, 5) is 22.9. The summed E-state index contributed by atoms with van der Waals surface area (Å²) in [6.07, 6.45) is 2.66. The number of aryl methyl sites for hydroxylation is 1. The fourth-order valence-electron chi connectivity index (χ4n) is 2.23. The lowest BCUT2D eigenvalue weighted by molar-refractivity contribution is -0.138. The van der Waals surface area contributed by atoms with E-state index in [0.717, 1.165) is 10.9 Å². The summed E-state index contributed by atoms with van der Waals surface area (Å²) in [7, 11) is 1.79. The van der Waals surface area contributed by atoms with Crippen LogP contribution in [0.15, 0.2) is 16.7 Å². The predicted molar refractivity (Wildman–Crippen MR) is 80.6 cm³/mol. The molecule has 20 heavy (non-hydrogen) atoms. The number of nitrogens with one attached hydrogen (secondary N) is 1. The molecule has 0 fully saturated rings. The zero-order chi connectivity index (χ0) is 15.3. The summed E-state index contributed by atoms with van der Waals surface area (Å²) in [6.45, 7) is 4.47. The minimum absolute atomic E-state index is 0.0415. The Morgan fingerprint density at radius 2 is 2.10 bits per heavy atom. The van der Waals surface area contributed by atoms with Crippen LogP contribution in [0.3, 0.4) is 0 Å². The molecule has 1 aromatic rings. The van der Waals surface area contributed by atoms with Gasteiger partial charge in [-0.3, -0.25) is 9.59 Å². The molecule has 0 aliphatic rings. The SMILES string of the molecule is CC(C)CC(CNC(=O)c1cc(Br)cn1C)CC(=O)O. The molecule has 0 spiro atoms. The predicted octanol–water partition coefficient (Wildman–Crippen LogP) is 2.65. The van der Waals surface area contributed by atoms with E-state index in [9.17, 15) is 9.59 Å². The van der Waals surface area contributed by atoms with Crippen LogP contribution in [0.4, 0.5) is 0 Å². The van der Waals surface area contributed by atoms with Crippen molar-refractivity contribution >= 4 is 27.8 Å². The zero-order valence-corrected chi connectivity index (χ0v) is 13.6. The average Bonchev–Trinajstić information content (AvgIpc) is 2.63. The molecular weight excluding hydrogens is 324 g/mol. The van der Waals surface area contributed by atoms with Gasteiger partial charge in [-0.2, -0.15) is 0 Å². The first-order valence-electron chi connectivity index (χ1n) is 6.61. The lowest BCUT2D eigenvalue weighted by Gasteiger charge is -2.17. The summed E-state index contributed by atoms with van der Waals surface area (Å²) in [6, 6.07) is 1.74. The Kier molecular flexibility index (Phi) is 6.26. The van der Waals surface area contributed by atoms with Gasteiger partial charge >= 0.3 is 5.97 Å². The van der Waals surface area contributed by atoms with E-state index in [1.54, 1.807) is 23.9 Å². The maximum atomic E-state index is 12.1. The standard InChI is InChI=1S/C14H21BrN2O3/c1-9(2)4-10(5-13(18)19)7-16-14(20)12-6-11(15)8-17(12)3/h6,8-10H,4-5,7H2,1-3H3,(H,16,20)(H,18,19). The number of nitrogens with zero attached hydrogens (tertiary/aromatic N) is 1. The van der Waals surface area contributed by atoms with E-state index in [-0.39, 0.29) is 18.2 Å². The van der Waals surface area contributed by atoms with Crippen LogP contribution in [0.25, 0.3) is 0 Å². The molecule has 2 N–H and O–H groups in total. The molecule has 0 saturated heterocycles. The van der Waals surface area contributed by atoms with E-state index in [2.05, 4.69) is 21.2 Å². The molecule has 0 bridgehead atoms. The number of amides is 1. The zero-order valence-electron chi connectivity index (χ0n) is 12.0. The lowest BCUT2D eigenvalue weighted by Crippen LogP contribution is -2.32. The first-order chi connectivity index (χ1) is 9.29. The van der Waals surface area contributed by atoms with Crippen LogP contribution in [-0.4, -0.2) is 28.1 Å². The number of hydrogen-bond donors (Lipinski definition) is 2. The minimum Gasteiger partial charge on any atom is -0.481 e. The Hall–Kier alpha value is -1.30. The van der Waals surface area contributed by atoms with Crippen molar-refractivity contribution in [2.75, 3.05) is 6.54 Å². The lowest BCUT2D eigenvalue weighted by atomic mass is 9.94. The normalized spacial score (nSPS) is 12.4. The second kappa shape index (κ2) is 7.47. The van der Waals surface area contributed by atoms with E-state index < -0.39 is 5.97 Å². The minimum atomic E-state index is -0.827. The number of halogens is 1.